The van der Waals surface area contributed by atoms with E-state index in [1.54, 1.807) is 0 Å². The van der Waals surface area contributed by atoms with E-state index in [0.717, 1.165) is 0 Å². The van der Waals surface area contributed by atoms with Crippen LogP contribution in [-0.2, 0) is 0 Å². The van der Waals surface area contributed by atoms with Crippen molar-refractivity contribution in [1.29, 1.82) is 0 Å². The molecule has 0 atom stereocenters. The summed E-state index contributed by atoms with van der Waals surface area (Å²) in [7, 11) is 0. The quantitative estimate of drug-likeness (QED) is 0.295. The van der Waals surface area contributed by atoms with Gasteiger partial charge in [0.15, 0.2) is 0 Å². The third-order valence-corrected chi connectivity index (χ3v) is 0. The monoisotopic (exact) mass is 120 g/mol. The van der Waals surface area contributed by atoms with E-state index in [-0.39, 0.29) is 159 Å². The molecule has 5 heavy (non-hydrogen) atoms. The summed E-state index contributed by atoms with van der Waals surface area (Å²) in [5.74, 6) is 0. The van der Waals surface area contributed by atoms with Crippen LogP contribution in [0.2, 0.25) is 0 Å². The van der Waals surface area contributed by atoms with Gasteiger partial charge in [-0.25, -0.2) is 0 Å². The van der Waals surface area contributed by atoms with Crippen LogP contribution in [0.15, 0.2) is 0 Å². The second kappa shape index (κ2) is 22.9. The van der Waals surface area contributed by atoms with Gasteiger partial charge >= 0.3 is 159 Å². The van der Waals surface area contributed by atoms with Gasteiger partial charge in [-0.15, -0.1) is 0 Å². The predicted molar refractivity (Wildman–Crippen MR) is 35.7 cm³/mol. The van der Waals surface area contributed by atoms with Gasteiger partial charge < -0.3 is 0 Å². The van der Waals surface area contributed by atoms with Crippen LogP contribution < -0.4 is 0 Å². The SMILES string of the molecule is [KH].[LiH].[NaH].[NaH].[NaH]. The van der Waals surface area contributed by atoms with Crippen molar-refractivity contribution in [3.05, 3.63) is 0 Å². The molecule has 0 aromatic carbocycles. The van der Waals surface area contributed by atoms with Gasteiger partial charge in [-0.1, -0.05) is 0 Å². The summed E-state index contributed by atoms with van der Waals surface area (Å²) in [6.45, 7) is 0. The molecular weight excluding hydrogens is 115 g/mol. The van der Waals surface area contributed by atoms with Gasteiger partial charge in [0.25, 0.3) is 0 Å². The van der Waals surface area contributed by atoms with Gasteiger partial charge in [0, 0.05) is 0 Å². The van der Waals surface area contributed by atoms with Crippen LogP contribution in [0, 0.1) is 0 Å². The molecule has 0 fully saturated rings. The van der Waals surface area contributed by atoms with Gasteiger partial charge in [-0.05, 0) is 0 Å². The molecule has 0 amide bonds. The summed E-state index contributed by atoms with van der Waals surface area (Å²) >= 11 is 0. The minimum absolute atomic E-state index is 0. The summed E-state index contributed by atoms with van der Waals surface area (Å²) in [4.78, 5) is 0. The molecule has 0 unspecified atom stereocenters. The molecule has 5 heteroatoms. The van der Waals surface area contributed by atoms with Crippen molar-refractivity contribution in [1.82, 2.24) is 0 Å². The third-order valence-electron chi connectivity index (χ3n) is 0. The first-order valence-corrected chi connectivity index (χ1v) is 0. The summed E-state index contributed by atoms with van der Waals surface area (Å²) in [5, 5.41) is 0. The van der Waals surface area contributed by atoms with Crippen molar-refractivity contribution >= 4 is 159 Å². The topological polar surface area (TPSA) is 0 Å². The summed E-state index contributed by atoms with van der Waals surface area (Å²) in [6.07, 6.45) is 0. The maximum absolute atomic E-state index is 0. The van der Waals surface area contributed by atoms with Gasteiger partial charge in [-0.2, -0.15) is 0 Å². The summed E-state index contributed by atoms with van der Waals surface area (Å²) in [6, 6.07) is 0. The van der Waals surface area contributed by atoms with E-state index in [2.05, 4.69) is 0 Å². The molecule has 0 bridgehead atoms. The summed E-state index contributed by atoms with van der Waals surface area (Å²) < 4.78 is 0. The van der Waals surface area contributed by atoms with E-state index < -0.39 is 0 Å². The zero-order chi connectivity index (χ0) is 0. The Balaban J connectivity index is 0. The van der Waals surface area contributed by atoms with Crippen LogP contribution >= 0.6 is 0 Å². The molecule has 0 heterocycles. The molecule has 0 aromatic rings. The van der Waals surface area contributed by atoms with E-state index >= 15 is 0 Å². The Hall–Kier alpha value is 5.23. The molecule has 0 saturated heterocycles. The molecule has 0 spiro atoms. The summed E-state index contributed by atoms with van der Waals surface area (Å²) in [5.41, 5.74) is 0. The van der Waals surface area contributed by atoms with Gasteiger partial charge in [-0.3, -0.25) is 0 Å². The number of hydrogen-bond donors (Lipinski definition) is 0. The normalized spacial score (nSPS) is 0. The average molecular weight is 120 g/mol. The van der Waals surface area contributed by atoms with Crippen LogP contribution in [0.4, 0.5) is 0 Å². The molecule has 0 radical (unpaired) electrons. The van der Waals surface area contributed by atoms with Crippen LogP contribution in [-0.4, -0.2) is 159 Å². The average Bonchev–Trinajstić information content (AvgIpc) is 0. The Labute approximate surface area is 154 Å². The standard InChI is InChI=1S/K.Li.3Na.5H. The van der Waals surface area contributed by atoms with Crippen molar-refractivity contribution < 1.29 is 0 Å². The second-order valence-corrected chi connectivity index (χ2v) is 0. The third kappa shape index (κ3) is 17.6. The fraction of sp³-hybridized carbons (Fsp3) is 0. The van der Waals surface area contributed by atoms with Gasteiger partial charge in [0.1, 0.15) is 0 Å². The molecule has 0 saturated carbocycles. The maximum atomic E-state index is 0. The Kier molecular flexibility index (Phi) is 146. The molecule has 0 aliphatic rings. The van der Waals surface area contributed by atoms with E-state index in [4.69, 9.17) is 0 Å². The molecule has 10 valence electrons. The van der Waals surface area contributed by atoms with Crippen LogP contribution in [0.3, 0.4) is 0 Å². The van der Waals surface area contributed by atoms with E-state index in [1.807, 2.05) is 0 Å². The molecule has 0 N–H and O–H groups in total. The molecule has 0 rings (SSSR count). The Bertz CT molecular complexity index is 6.85. The van der Waals surface area contributed by atoms with Gasteiger partial charge in [0.05, 0.1) is 0 Å². The zero-order valence-electron chi connectivity index (χ0n) is 0. The molecule has 0 nitrogen and oxygen atoms in total. The van der Waals surface area contributed by atoms with Crippen LogP contribution in [0.1, 0.15) is 0 Å². The van der Waals surface area contributed by atoms with E-state index in [9.17, 15) is 0 Å². The number of rotatable bonds is 0. The predicted octanol–water partition coefficient (Wildman–Crippen LogP) is -3.24. The molecular formula is H5KLiNa3. The zero-order valence-corrected chi connectivity index (χ0v) is 0. The Morgan fingerprint density at radius 1 is 0.600 bits per heavy atom. The Morgan fingerprint density at radius 3 is 0.600 bits per heavy atom. The Morgan fingerprint density at radius 2 is 0.600 bits per heavy atom. The molecule has 0 aromatic heterocycles. The van der Waals surface area contributed by atoms with Crippen LogP contribution in [0.5, 0.6) is 0 Å². The first-order valence-electron chi connectivity index (χ1n) is 0. The van der Waals surface area contributed by atoms with Crippen molar-refractivity contribution in [2.24, 2.45) is 0 Å². The van der Waals surface area contributed by atoms with Crippen molar-refractivity contribution in [2.75, 3.05) is 0 Å². The first-order chi connectivity index (χ1) is 0. The number of hydrogen-bond acceptors (Lipinski definition) is 0. The van der Waals surface area contributed by atoms with E-state index in [1.165, 1.54) is 0 Å². The fourth-order valence-corrected chi connectivity index (χ4v) is 0. The molecule has 0 aliphatic carbocycles. The van der Waals surface area contributed by atoms with Crippen LogP contribution in [0.25, 0.3) is 0 Å². The van der Waals surface area contributed by atoms with E-state index in [0.29, 0.717) is 0 Å². The molecule has 0 aliphatic heterocycles. The van der Waals surface area contributed by atoms with Crippen molar-refractivity contribution in [2.45, 2.75) is 0 Å². The first kappa shape index (κ1) is 31.9. The van der Waals surface area contributed by atoms with Crippen molar-refractivity contribution in [3.63, 3.8) is 0 Å². The second-order valence-electron chi connectivity index (χ2n) is 0. The fourth-order valence-electron chi connectivity index (χ4n) is 0. The van der Waals surface area contributed by atoms with Crippen molar-refractivity contribution in [3.8, 4) is 0 Å². The minimum atomic E-state index is 0. The van der Waals surface area contributed by atoms with Gasteiger partial charge in [0.2, 0.25) is 0 Å².